The van der Waals surface area contributed by atoms with E-state index in [4.69, 9.17) is 23.2 Å². The second-order valence-corrected chi connectivity index (χ2v) is 5.39. The van der Waals surface area contributed by atoms with Crippen LogP contribution in [0.5, 0.6) is 0 Å². The molecule has 0 aliphatic carbocycles. The molecule has 1 rings (SSSR count). The van der Waals surface area contributed by atoms with Gasteiger partial charge in [0.05, 0.1) is 10.6 Å². The Labute approximate surface area is 115 Å². The summed E-state index contributed by atoms with van der Waals surface area (Å²) in [6.07, 6.45) is 3.45. The first-order valence-corrected chi connectivity index (χ1v) is 7.19. The molecule has 94 valence electrons. The van der Waals surface area contributed by atoms with E-state index in [0.29, 0.717) is 10.6 Å². The normalized spacial score (nSPS) is 12.3. The zero-order valence-electron chi connectivity index (χ0n) is 9.91. The van der Waals surface area contributed by atoms with Crippen LogP contribution in [0.25, 0.3) is 0 Å². The van der Waals surface area contributed by atoms with Gasteiger partial charge in [-0.15, -0.1) is 0 Å². The van der Waals surface area contributed by atoms with Crippen molar-refractivity contribution in [1.29, 1.82) is 0 Å². The molecule has 0 fully saturated rings. The first-order chi connectivity index (χ1) is 7.97. The Kier molecular flexibility index (Phi) is 5.56. The Morgan fingerprint density at radius 3 is 2.76 bits per heavy atom. The molecule has 0 bridgehead atoms. The molecule has 1 aromatic heterocycles. The van der Waals surface area contributed by atoms with E-state index in [9.17, 15) is 4.79 Å². The smallest absolute Gasteiger partial charge is 0.255 e. The number of rotatable bonds is 4. The second-order valence-electron chi connectivity index (χ2n) is 3.72. The summed E-state index contributed by atoms with van der Waals surface area (Å²) in [4.78, 5) is 17.6. The van der Waals surface area contributed by atoms with Crippen molar-refractivity contribution in [3.63, 3.8) is 0 Å². The number of halogens is 2. The highest BCUT2D eigenvalue weighted by atomic mass is 35.5. The Hall–Kier alpha value is -0.450. The van der Waals surface area contributed by atoms with E-state index in [1.54, 1.807) is 29.8 Å². The number of thioether (sulfide) groups is 1. The Balaban J connectivity index is 2.85. The third kappa shape index (κ3) is 3.76. The number of carbonyl (C=O) groups excluding carboxylic acids is 1. The molecular weight excluding hydrogens is 279 g/mol. The van der Waals surface area contributed by atoms with E-state index < -0.39 is 0 Å². The van der Waals surface area contributed by atoms with Crippen LogP contribution in [-0.2, 0) is 0 Å². The van der Waals surface area contributed by atoms with Gasteiger partial charge in [-0.3, -0.25) is 4.79 Å². The van der Waals surface area contributed by atoms with Crippen molar-refractivity contribution in [2.75, 3.05) is 19.1 Å². The van der Waals surface area contributed by atoms with Gasteiger partial charge in [-0.2, -0.15) is 11.8 Å². The highest BCUT2D eigenvalue weighted by Crippen LogP contribution is 2.20. The highest BCUT2D eigenvalue weighted by molar-refractivity contribution is 7.98. The van der Waals surface area contributed by atoms with E-state index in [0.717, 1.165) is 5.75 Å². The van der Waals surface area contributed by atoms with Crippen molar-refractivity contribution >= 4 is 40.9 Å². The van der Waals surface area contributed by atoms with Crippen LogP contribution < -0.4 is 0 Å². The lowest BCUT2D eigenvalue weighted by Gasteiger charge is -2.24. The summed E-state index contributed by atoms with van der Waals surface area (Å²) in [5.41, 5.74) is 0.454. The van der Waals surface area contributed by atoms with Gasteiger partial charge in [0.2, 0.25) is 0 Å². The minimum Gasteiger partial charge on any atom is -0.338 e. The van der Waals surface area contributed by atoms with Crippen molar-refractivity contribution in [1.82, 2.24) is 9.88 Å². The summed E-state index contributed by atoms with van der Waals surface area (Å²) in [6.45, 7) is 2.00. The molecule has 0 aromatic carbocycles. The molecular formula is C11H14Cl2N2OS. The summed E-state index contributed by atoms with van der Waals surface area (Å²) < 4.78 is 0. The van der Waals surface area contributed by atoms with Gasteiger partial charge in [-0.25, -0.2) is 4.98 Å². The van der Waals surface area contributed by atoms with Crippen LogP contribution in [0, 0.1) is 0 Å². The fourth-order valence-corrected chi connectivity index (χ4v) is 2.27. The van der Waals surface area contributed by atoms with Gasteiger partial charge in [0.15, 0.2) is 0 Å². The molecule has 0 N–H and O–H groups in total. The van der Waals surface area contributed by atoms with Gasteiger partial charge in [0.25, 0.3) is 5.91 Å². The molecule has 3 nitrogen and oxygen atoms in total. The quantitative estimate of drug-likeness (QED) is 0.799. The van der Waals surface area contributed by atoms with Crippen LogP contribution in [0.2, 0.25) is 10.2 Å². The number of pyridine rings is 1. The number of hydrogen-bond acceptors (Lipinski definition) is 3. The molecule has 6 heteroatoms. The second kappa shape index (κ2) is 6.47. The van der Waals surface area contributed by atoms with Crippen LogP contribution in [0.1, 0.15) is 17.3 Å². The lowest BCUT2D eigenvalue weighted by Crippen LogP contribution is -2.36. The summed E-state index contributed by atoms with van der Waals surface area (Å²) in [5, 5.41) is 0.506. The molecule has 0 spiro atoms. The lowest BCUT2D eigenvalue weighted by molar-refractivity contribution is 0.0757. The lowest BCUT2D eigenvalue weighted by atomic mass is 10.2. The molecule has 0 saturated carbocycles. The van der Waals surface area contributed by atoms with Gasteiger partial charge in [-0.1, -0.05) is 23.2 Å². The van der Waals surface area contributed by atoms with Crippen molar-refractivity contribution in [2.45, 2.75) is 13.0 Å². The van der Waals surface area contributed by atoms with Crippen LogP contribution in [0.3, 0.4) is 0 Å². The maximum Gasteiger partial charge on any atom is 0.255 e. The molecule has 1 atom stereocenters. The first kappa shape index (κ1) is 14.6. The summed E-state index contributed by atoms with van der Waals surface area (Å²) in [5.74, 6) is 0.786. The predicted molar refractivity (Wildman–Crippen MR) is 74.2 cm³/mol. The molecule has 0 aliphatic rings. The third-order valence-corrected chi connectivity index (χ3v) is 3.93. The highest BCUT2D eigenvalue weighted by Gasteiger charge is 2.18. The van der Waals surface area contributed by atoms with Gasteiger partial charge < -0.3 is 4.90 Å². The van der Waals surface area contributed by atoms with E-state index >= 15 is 0 Å². The SMILES string of the molecule is CSCC(C)N(C)C(=O)c1cnc(Cl)c(Cl)c1. The first-order valence-electron chi connectivity index (χ1n) is 5.04. The van der Waals surface area contributed by atoms with E-state index in [1.807, 2.05) is 13.2 Å². The zero-order valence-corrected chi connectivity index (χ0v) is 12.2. The molecule has 0 aliphatic heterocycles. The standard InChI is InChI=1S/C11H14Cl2N2OS/c1-7(6-17-3)15(2)11(16)8-4-9(12)10(13)14-5-8/h4-5,7H,6H2,1-3H3. The Morgan fingerprint density at radius 2 is 2.24 bits per heavy atom. The van der Waals surface area contributed by atoms with Gasteiger partial charge >= 0.3 is 0 Å². The Morgan fingerprint density at radius 1 is 1.59 bits per heavy atom. The average Bonchev–Trinajstić information content (AvgIpc) is 2.31. The fourth-order valence-electron chi connectivity index (χ4n) is 1.29. The molecule has 1 unspecified atom stereocenters. The van der Waals surface area contributed by atoms with Gasteiger partial charge in [-0.05, 0) is 19.2 Å². The minimum atomic E-state index is -0.0994. The van der Waals surface area contributed by atoms with Crippen molar-refractivity contribution in [3.8, 4) is 0 Å². The molecule has 0 radical (unpaired) electrons. The summed E-state index contributed by atoms with van der Waals surface area (Å²) in [7, 11) is 1.77. The van der Waals surface area contributed by atoms with Crippen molar-refractivity contribution < 1.29 is 4.79 Å². The van der Waals surface area contributed by atoms with Gasteiger partial charge in [0, 0.05) is 25.0 Å². The monoisotopic (exact) mass is 292 g/mol. The maximum absolute atomic E-state index is 12.1. The van der Waals surface area contributed by atoms with E-state index in [-0.39, 0.29) is 17.1 Å². The van der Waals surface area contributed by atoms with Crippen LogP contribution in [0.15, 0.2) is 12.3 Å². The maximum atomic E-state index is 12.1. The third-order valence-electron chi connectivity index (χ3n) is 2.43. The van der Waals surface area contributed by atoms with Crippen LogP contribution >= 0.6 is 35.0 Å². The molecule has 0 saturated heterocycles. The minimum absolute atomic E-state index is 0.0994. The topological polar surface area (TPSA) is 33.2 Å². The molecule has 1 aromatic rings. The number of hydrogen-bond donors (Lipinski definition) is 0. The van der Waals surface area contributed by atoms with Crippen molar-refractivity contribution in [2.24, 2.45) is 0 Å². The van der Waals surface area contributed by atoms with Gasteiger partial charge in [0.1, 0.15) is 5.15 Å². The summed E-state index contributed by atoms with van der Waals surface area (Å²) >= 11 is 13.2. The molecule has 17 heavy (non-hydrogen) atoms. The van der Waals surface area contributed by atoms with E-state index in [1.165, 1.54) is 6.20 Å². The largest absolute Gasteiger partial charge is 0.338 e. The number of nitrogens with zero attached hydrogens (tertiary/aromatic N) is 2. The molecule has 1 heterocycles. The predicted octanol–water partition coefficient (Wildman–Crippen LogP) is 3.21. The number of aromatic nitrogens is 1. The zero-order chi connectivity index (χ0) is 13.0. The number of amides is 1. The van der Waals surface area contributed by atoms with Crippen LogP contribution in [0.4, 0.5) is 0 Å². The summed E-state index contributed by atoms with van der Waals surface area (Å²) in [6, 6.07) is 1.70. The fraction of sp³-hybridized carbons (Fsp3) is 0.455. The van der Waals surface area contributed by atoms with E-state index in [2.05, 4.69) is 4.98 Å². The molecule has 1 amide bonds. The Bertz CT molecular complexity index is 414. The van der Waals surface area contributed by atoms with Crippen molar-refractivity contribution in [3.05, 3.63) is 28.0 Å². The average molecular weight is 293 g/mol. The van der Waals surface area contributed by atoms with Crippen LogP contribution in [-0.4, -0.2) is 40.9 Å². The number of carbonyl (C=O) groups is 1.